The Kier molecular flexibility index (Phi) is 4.40. The lowest BCUT2D eigenvalue weighted by atomic mass is 10.0. The highest BCUT2D eigenvalue weighted by atomic mass is 19.4. The number of hydrogen-bond acceptors (Lipinski definition) is 3. The first-order valence-electron chi connectivity index (χ1n) is 4.96. The van der Waals surface area contributed by atoms with E-state index in [1.54, 1.807) is 0 Å². The van der Waals surface area contributed by atoms with Gasteiger partial charge >= 0.3 is 12.1 Å². The maximum atomic E-state index is 12.7. The van der Waals surface area contributed by atoms with Crippen molar-refractivity contribution in [1.82, 2.24) is 4.98 Å². The molecule has 0 amide bonds. The summed E-state index contributed by atoms with van der Waals surface area (Å²) in [5.74, 6) is -1.53. The van der Waals surface area contributed by atoms with Gasteiger partial charge in [-0.1, -0.05) is 0 Å². The van der Waals surface area contributed by atoms with Crippen LogP contribution in [0.25, 0.3) is 0 Å². The van der Waals surface area contributed by atoms with E-state index in [1.807, 2.05) is 0 Å². The summed E-state index contributed by atoms with van der Waals surface area (Å²) in [6.07, 6.45) is -8.99. The fourth-order valence-electron chi connectivity index (χ4n) is 1.50. The van der Waals surface area contributed by atoms with Gasteiger partial charge in [-0.3, -0.25) is 4.79 Å². The van der Waals surface area contributed by atoms with Gasteiger partial charge < -0.3 is 10.8 Å². The van der Waals surface area contributed by atoms with Crippen LogP contribution in [-0.4, -0.2) is 16.1 Å². The van der Waals surface area contributed by atoms with Gasteiger partial charge in [0.25, 0.3) is 6.43 Å². The summed E-state index contributed by atoms with van der Waals surface area (Å²) < 4.78 is 63.3. The molecule has 106 valence electrons. The van der Waals surface area contributed by atoms with Gasteiger partial charge in [0.2, 0.25) is 0 Å². The van der Waals surface area contributed by atoms with E-state index in [0.29, 0.717) is 6.07 Å². The molecule has 0 spiro atoms. The van der Waals surface area contributed by atoms with E-state index < -0.39 is 54.1 Å². The first-order valence-corrected chi connectivity index (χ1v) is 4.96. The zero-order chi connectivity index (χ0) is 14.8. The summed E-state index contributed by atoms with van der Waals surface area (Å²) in [6, 6.07) is 0.366. The molecular formula is C10H9F5N2O2. The third-order valence-electron chi connectivity index (χ3n) is 2.26. The number of rotatable bonds is 4. The van der Waals surface area contributed by atoms with Crippen LogP contribution in [0.5, 0.6) is 0 Å². The fraction of sp³-hybridized carbons (Fsp3) is 0.400. The van der Waals surface area contributed by atoms with Crippen molar-refractivity contribution in [3.8, 4) is 0 Å². The van der Waals surface area contributed by atoms with Gasteiger partial charge in [0, 0.05) is 6.54 Å². The van der Waals surface area contributed by atoms with Crippen molar-refractivity contribution in [2.75, 3.05) is 0 Å². The lowest BCUT2D eigenvalue weighted by molar-refractivity contribution is -0.139. The molecular weight excluding hydrogens is 275 g/mol. The lowest BCUT2D eigenvalue weighted by Crippen LogP contribution is -2.18. The number of aromatic nitrogens is 1. The highest BCUT2D eigenvalue weighted by Crippen LogP contribution is 2.34. The van der Waals surface area contributed by atoms with Crippen molar-refractivity contribution in [3.05, 3.63) is 28.6 Å². The van der Waals surface area contributed by atoms with Gasteiger partial charge in [-0.25, -0.2) is 13.8 Å². The summed E-state index contributed by atoms with van der Waals surface area (Å²) in [6.45, 7) is -0.679. The molecule has 0 saturated carbocycles. The third-order valence-corrected chi connectivity index (χ3v) is 2.26. The van der Waals surface area contributed by atoms with Crippen LogP contribution >= 0.6 is 0 Å². The Morgan fingerprint density at radius 2 is 2.00 bits per heavy atom. The van der Waals surface area contributed by atoms with Crippen molar-refractivity contribution < 1.29 is 31.9 Å². The molecule has 0 aromatic carbocycles. The molecule has 19 heavy (non-hydrogen) atoms. The number of carbonyl (C=O) groups is 1. The predicted molar refractivity (Wildman–Crippen MR) is 53.4 cm³/mol. The molecule has 0 atom stereocenters. The number of carboxylic acid groups (broad SMARTS) is 1. The molecule has 4 nitrogen and oxygen atoms in total. The van der Waals surface area contributed by atoms with E-state index in [0.717, 1.165) is 0 Å². The molecule has 0 saturated heterocycles. The summed E-state index contributed by atoms with van der Waals surface area (Å²) >= 11 is 0. The van der Waals surface area contributed by atoms with Crippen LogP contribution < -0.4 is 5.73 Å². The van der Waals surface area contributed by atoms with Crippen LogP contribution in [0.3, 0.4) is 0 Å². The fourth-order valence-corrected chi connectivity index (χ4v) is 1.50. The lowest BCUT2D eigenvalue weighted by Gasteiger charge is -2.15. The van der Waals surface area contributed by atoms with Gasteiger partial charge in [0.05, 0.1) is 17.7 Å². The van der Waals surface area contributed by atoms with Crippen LogP contribution in [0, 0.1) is 0 Å². The molecule has 0 aliphatic heterocycles. The Morgan fingerprint density at radius 3 is 2.37 bits per heavy atom. The summed E-state index contributed by atoms with van der Waals surface area (Å²) in [5.41, 5.74) is 1.35. The molecule has 0 unspecified atom stereocenters. The van der Waals surface area contributed by atoms with Gasteiger partial charge in [-0.15, -0.1) is 0 Å². The minimum Gasteiger partial charge on any atom is -0.481 e. The topological polar surface area (TPSA) is 76.2 Å². The van der Waals surface area contributed by atoms with Gasteiger partial charge in [0.1, 0.15) is 5.69 Å². The second kappa shape index (κ2) is 5.47. The van der Waals surface area contributed by atoms with Crippen LogP contribution in [0.15, 0.2) is 6.07 Å². The number of pyridine rings is 1. The number of aliphatic carboxylic acids is 1. The Balaban J connectivity index is 3.47. The first-order chi connectivity index (χ1) is 8.66. The van der Waals surface area contributed by atoms with E-state index >= 15 is 0 Å². The van der Waals surface area contributed by atoms with Gasteiger partial charge in [-0.05, 0) is 11.6 Å². The van der Waals surface area contributed by atoms with E-state index in [9.17, 15) is 26.7 Å². The second-order valence-electron chi connectivity index (χ2n) is 3.60. The quantitative estimate of drug-likeness (QED) is 0.830. The summed E-state index contributed by atoms with van der Waals surface area (Å²) in [5, 5.41) is 8.51. The van der Waals surface area contributed by atoms with Crippen molar-refractivity contribution >= 4 is 5.97 Å². The molecule has 0 aliphatic carbocycles. The molecule has 0 bridgehead atoms. The Labute approximate surface area is 104 Å². The van der Waals surface area contributed by atoms with Crippen LogP contribution in [-0.2, 0) is 23.9 Å². The zero-order valence-corrected chi connectivity index (χ0v) is 9.34. The molecule has 0 aliphatic rings. The largest absolute Gasteiger partial charge is 0.481 e. The SMILES string of the molecule is NCc1nc(C(F)F)c(CC(=O)O)cc1C(F)(F)F. The second-order valence-corrected chi connectivity index (χ2v) is 3.60. The van der Waals surface area contributed by atoms with Crippen LogP contribution in [0.2, 0.25) is 0 Å². The standard InChI is InChI=1S/C10H9F5N2O2/c11-9(12)8-4(2-7(18)19)1-5(10(13,14)15)6(3-16)17-8/h1,9H,2-3,16H2,(H,18,19). The molecule has 1 aromatic rings. The number of alkyl halides is 5. The molecule has 1 rings (SSSR count). The minimum absolute atomic E-state index is 0.366. The monoisotopic (exact) mass is 284 g/mol. The highest BCUT2D eigenvalue weighted by Gasteiger charge is 2.35. The Morgan fingerprint density at radius 1 is 1.42 bits per heavy atom. The van der Waals surface area contributed by atoms with Crippen molar-refractivity contribution in [2.45, 2.75) is 25.6 Å². The number of nitrogens with zero attached hydrogens (tertiary/aromatic N) is 1. The highest BCUT2D eigenvalue weighted by molar-refractivity contribution is 5.70. The third kappa shape index (κ3) is 3.60. The summed E-state index contributed by atoms with van der Waals surface area (Å²) in [7, 11) is 0. The average Bonchev–Trinajstić information content (AvgIpc) is 2.26. The Hall–Kier alpha value is -1.77. The smallest absolute Gasteiger partial charge is 0.418 e. The number of nitrogens with two attached hydrogens (primary N) is 1. The first kappa shape index (κ1) is 15.3. The number of halogens is 5. The van der Waals surface area contributed by atoms with E-state index in [2.05, 4.69) is 4.98 Å². The van der Waals surface area contributed by atoms with Crippen molar-refractivity contribution in [2.24, 2.45) is 5.73 Å². The molecule has 3 N–H and O–H groups in total. The zero-order valence-electron chi connectivity index (χ0n) is 9.34. The van der Waals surface area contributed by atoms with E-state index in [4.69, 9.17) is 10.8 Å². The predicted octanol–water partition coefficient (Wildman–Crippen LogP) is 2.12. The minimum atomic E-state index is -4.84. The van der Waals surface area contributed by atoms with Crippen LogP contribution in [0.4, 0.5) is 22.0 Å². The Bertz CT molecular complexity index is 488. The number of hydrogen-bond donors (Lipinski definition) is 2. The van der Waals surface area contributed by atoms with Crippen LogP contribution in [0.1, 0.15) is 28.9 Å². The van der Waals surface area contributed by atoms with Crippen molar-refractivity contribution in [3.63, 3.8) is 0 Å². The maximum absolute atomic E-state index is 12.7. The molecule has 1 aromatic heterocycles. The van der Waals surface area contributed by atoms with Gasteiger partial charge in [-0.2, -0.15) is 13.2 Å². The van der Waals surface area contributed by atoms with E-state index in [1.165, 1.54) is 0 Å². The van der Waals surface area contributed by atoms with E-state index in [-0.39, 0.29) is 0 Å². The normalized spacial score (nSPS) is 11.9. The molecule has 1 heterocycles. The van der Waals surface area contributed by atoms with Gasteiger partial charge in [0.15, 0.2) is 0 Å². The molecule has 9 heteroatoms. The number of carboxylic acids is 1. The summed E-state index contributed by atoms with van der Waals surface area (Å²) in [4.78, 5) is 13.6. The van der Waals surface area contributed by atoms with Crippen molar-refractivity contribution in [1.29, 1.82) is 0 Å². The maximum Gasteiger partial charge on any atom is 0.418 e. The molecule has 0 radical (unpaired) electrons. The average molecular weight is 284 g/mol. The molecule has 0 fully saturated rings.